The van der Waals surface area contributed by atoms with Gasteiger partial charge in [0.25, 0.3) is 0 Å². The third kappa shape index (κ3) is 3.47. The van der Waals surface area contributed by atoms with Gasteiger partial charge < -0.3 is 4.52 Å². The number of thiophene rings is 1. The highest BCUT2D eigenvalue weighted by Gasteiger charge is 2.34. The lowest BCUT2D eigenvalue weighted by molar-refractivity contribution is -0.122. The Balaban J connectivity index is 1.99. The summed E-state index contributed by atoms with van der Waals surface area (Å²) in [5, 5.41) is 4.90. The molecule has 4 rings (SSSR count). The van der Waals surface area contributed by atoms with E-state index in [1.807, 2.05) is 45.0 Å². The highest BCUT2D eigenvalue weighted by atomic mass is 35.5. The Kier molecular flexibility index (Phi) is 5.21. The summed E-state index contributed by atoms with van der Waals surface area (Å²) in [5.74, 6) is 0.785. The third-order valence-electron chi connectivity index (χ3n) is 5.48. The highest BCUT2D eigenvalue weighted by Crippen LogP contribution is 2.46. The molecule has 3 heterocycles. The lowest BCUT2D eigenvalue weighted by Crippen LogP contribution is -2.13. The van der Waals surface area contributed by atoms with Crippen molar-refractivity contribution in [2.75, 3.05) is 0 Å². The summed E-state index contributed by atoms with van der Waals surface area (Å²) < 4.78 is 5.75. The first-order valence-electron chi connectivity index (χ1n) is 9.71. The molecule has 0 spiro atoms. The standard InChI is InChI=1S/C23H23ClN2O2S/c1-11(2)18(27)10-17-22-20(13(4)26-28-22)23-19(12(3)14(5)29-23)21(25-17)15-6-8-16(24)9-7-15/h6-9,11,17H,10H2,1-5H3/t17-/m0/s1. The summed E-state index contributed by atoms with van der Waals surface area (Å²) in [5.41, 5.74) is 5.97. The number of ketones is 1. The highest BCUT2D eigenvalue weighted by molar-refractivity contribution is 7.16. The number of aryl methyl sites for hydroxylation is 2. The van der Waals surface area contributed by atoms with Crippen LogP contribution < -0.4 is 0 Å². The number of fused-ring (bicyclic) bond motifs is 3. The molecular weight excluding hydrogens is 404 g/mol. The van der Waals surface area contributed by atoms with Crippen molar-refractivity contribution in [3.63, 3.8) is 0 Å². The van der Waals surface area contributed by atoms with Gasteiger partial charge in [-0.3, -0.25) is 9.79 Å². The lowest BCUT2D eigenvalue weighted by Gasteiger charge is -2.13. The number of aliphatic imine (C=N–C) groups is 1. The molecule has 6 heteroatoms. The molecule has 0 bridgehead atoms. The summed E-state index contributed by atoms with van der Waals surface area (Å²) >= 11 is 7.85. The van der Waals surface area contributed by atoms with Crippen LogP contribution in [0, 0.1) is 26.7 Å². The second-order valence-electron chi connectivity index (χ2n) is 7.82. The van der Waals surface area contributed by atoms with Crippen LogP contribution in [0.15, 0.2) is 33.8 Å². The van der Waals surface area contributed by atoms with Gasteiger partial charge in [0, 0.05) is 38.2 Å². The predicted molar refractivity (Wildman–Crippen MR) is 118 cm³/mol. The monoisotopic (exact) mass is 426 g/mol. The number of aromatic nitrogens is 1. The summed E-state index contributed by atoms with van der Waals surface area (Å²) in [7, 11) is 0. The van der Waals surface area contributed by atoms with E-state index < -0.39 is 6.04 Å². The number of Topliss-reactive ketones (excluding diaryl/α,β-unsaturated/α-hetero) is 1. The molecule has 2 aromatic heterocycles. The number of nitrogens with zero attached hydrogens (tertiary/aromatic N) is 2. The number of carbonyl (C=O) groups excluding carboxylic acids is 1. The minimum absolute atomic E-state index is 0.0574. The lowest BCUT2D eigenvalue weighted by atomic mass is 9.96. The second kappa shape index (κ2) is 7.54. The van der Waals surface area contributed by atoms with E-state index in [9.17, 15) is 4.79 Å². The maximum atomic E-state index is 12.6. The Morgan fingerprint density at radius 2 is 1.86 bits per heavy atom. The van der Waals surface area contributed by atoms with Crippen molar-refractivity contribution in [3.05, 3.63) is 62.3 Å². The van der Waals surface area contributed by atoms with Gasteiger partial charge in [-0.05, 0) is 38.5 Å². The van der Waals surface area contributed by atoms with E-state index in [1.54, 1.807) is 11.3 Å². The van der Waals surface area contributed by atoms with E-state index >= 15 is 0 Å². The number of rotatable bonds is 4. The predicted octanol–water partition coefficient (Wildman–Crippen LogP) is 6.49. The molecule has 1 aliphatic heterocycles. The number of hydrogen-bond donors (Lipinski definition) is 0. The summed E-state index contributed by atoms with van der Waals surface area (Å²) in [6.07, 6.45) is 0.295. The molecule has 0 amide bonds. The van der Waals surface area contributed by atoms with Crippen LogP contribution in [-0.2, 0) is 4.79 Å². The van der Waals surface area contributed by atoms with Crippen LogP contribution in [0.4, 0.5) is 0 Å². The molecule has 0 fully saturated rings. The van der Waals surface area contributed by atoms with Crippen LogP contribution in [0.2, 0.25) is 5.02 Å². The van der Waals surface area contributed by atoms with Gasteiger partial charge in [-0.25, -0.2) is 0 Å². The average molecular weight is 427 g/mol. The number of halogens is 1. The van der Waals surface area contributed by atoms with Crippen molar-refractivity contribution >= 4 is 34.4 Å². The largest absolute Gasteiger partial charge is 0.358 e. The molecule has 0 N–H and O–H groups in total. The number of benzene rings is 1. The van der Waals surface area contributed by atoms with Gasteiger partial charge in [-0.15, -0.1) is 11.3 Å². The van der Waals surface area contributed by atoms with Gasteiger partial charge in [0.2, 0.25) is 0 Å². The van der Waals surface area contributed by atoms with Crippen molar-refractivity contribution < 1.29 is 9.32 Å². The zero-order valence-electron chi connectivity index (χ0n) is 17.2. The normalized spacial score (nSPS) is 15.7. The molecule has 150 valence electrons. The average Bonchev–Trinajstić information content (AvgIpc) is 3.15. The van der Waals surface area contributed by atoms with E-state index in [0.717, 1.165) is 33.0 Å². The maximum absolute atomic E-state index is 12.6. The molecule has 4 nitrogen and oxygen atoms in total. The van der Waals surface area contributed by atoms with Crippen molar-refractivity contribution in [2.24, 2.45) is 10.9 Å². The first-order valence-corrected chi connectivity index (χ1v) is 10.9. The zero-order chi connectivity index (χ0) is 20.9. The quantitative estimate of drug-likeness (QED) is 0.479. The molecule has 0 saturated carbocycles. The Morgan fingerprint density at radius 3 is 2.52 bits per heavy atom. The number of carbonyl (C=O) groups is 1. The topological polar surface area (TPSA) is 55.5 Å². The van der Waals surface area contributed by atoms with E-state index in [4.69, 9.17) is 21.1 Å². The molecule has 3 aromatic rings. The Bertz CT molecular complexity index is 1120. The van der Waals surface area contributed by atoms with Crippen molar-refractivity contribution in [1.82, 2.24) is 5.16 Å². The van der Waals surface area contributed by atoms with E-state index in [1.165, 1.54) is 10.4 Å². The van der Waals surface area contributed by atoms with Crippen LogP contribution in [0.5, 0.6) is 0 Å². The summed E-state index contributed by atoms with van der Waals surface area (Å²) in [6.45, 7) is 10.0. The molecule has 0 unspecified atom stereocenters. The van der Waals surface area contributed by atoms with E-state index in [0.29, 0.717) is 17.2 Å². The van der Waals surface area contributed by atoms with E-state index in [-0.39, 0.29) is 11.7 Å². The molecule has 1 aliphatic rings. The fraction of sp³-hybridized carbons (Fsp3) is 0.348. The van der Waals surface area contributed by atoms with Gasteiger partial charge in [0.15, 0.2) is 5.76 Å². The first kappa shape index (κ1) is 20.0. The molecule has 0 aliphatic carbocycles. The minimum Gasteiger partial charge on any atom is -0.358 e. The smallest absolute Gasteiger partial charge is 0.170 e. The first-order chi connectivity index (χ1) is 13.8. The summed E-state index contributed by atoms with van der Waals surface area (Å²) in [4.78, 5) is 20.1. The van der Waals surface area contributed by atoms with Crippen LogP contribution in [0.25, 0.3) is 10.4 Å². The molecule has 1 aromatic carbocycles. The fourth-order valence-corrected chi connectivity index (χ4v) is 5.04. The van der Waals surface area contributed by atoms with E-state index in [2.05, 4.69) is 19.0 Å². The zero-order valence-corrected chi connectivity index (χ0v) is 18.7. The SMILES string of the molecule is Cc1noc2c1-c1sc(C)c(C)c1C(c1ccc(Cl)cc1)=N[C@H]2CC(=O)C(C)C. The maximum Gasteiger partial charge on any atom is 0.170 e. The Hall–Kier alpha value is -2.24. The van der Waals surface area contributed by atoms with Gasteiger partial charge in [0.05, 0.1) is 17.0 Å². The molecule has 0 saturated heterocycles. The minimum atomic E-state index is -0.397. The number of hydrogen-bond acceptors (Lipinski definition) is 5. The molecule has 1 atom stereocenters. The third-order valence-corrected chi connectivity index (χ3v) is 6.96. The van der Waals surface area contributed by atoms with Gasteiger partial charge >= 0.3 is 0 Å². The van der Waals surface area contributed by atoms with Gasteiger partial charge in [0.1, 0.15) is 11.8 Å². The van der Waals surface area contributed by atoms with Crippen LogP contribution in [0.1, 0.15) is 59.3 Å². The van der Waals surface area contributed by atoms with Crippen molar-refractivity contribution in [3.8, 4) is 10.4 Å². The van der Waals surface area contributed by atoms with Crippen LogP contribution >= 0.6 is 22.9 Å². The molecular formula is C23H23ClN2O2S. The second-order valence-corrected chi connectivity index (χ2v) is 9.48. The molecule has 29 heavy (non-hydrogen) atoms. The summed E-state index contributed by atoms with van der Waals surface area (Å²) in [6, 6.07) is 7.31. The van der Waals surface area contributed by atoms with Gasteiger partial charge in [-0.2, -0.15) is 0 Å². The van der Waals surface area contributed by atoms with Crippen LogP contribution in [0.3, 0.4) is 0 Å². The molecule has 0 radical (unpaired) electrons. The van der Waals surface area contributed by atoms with Crippen molar-refractivity contribution in [2.45, 2.75) is 47.1 Å². The van der Waals surface area contributed by atoms with Gasteiger partial charge in [-0.1, -0.05) is 42.7 Å². The van der Waals surface area contributed by atoms with Crippen LogP contribution in [-0.4, -0.2) is 16.7 Å². The Morgan fingerprint density at radius 1 is 1.17 bits per heavy atom. The Labute approximate surface area is 179 Å². The van der Waals surface area contributed by atoms with Crippen molar-refractivity contribution in [1.29, 1.82) is 0 Å². The fourth-order valence-electron chi connectivity index (χ4n) is 3.65.